The summed E-state index contributed by atoms with van der Waals surface area (Å²) in [4.78, 5) is 27.0. The van der Waals surface area contributed by atoms with Gasteiger partial charge in [-0.1, -0.05) is 13.0 Å². The molecule has 6 nitrogen and oxygen atoms in total. The normalized spacial score (nSPS) is 14.8. The van der Waals surface area contributed by atoms with Gasteiger partial charge in [0.1, 0.15) is 11.6 Å². The fraction of sp³-hybridized carbons (Fsp3) is 0.421. The van der Waals surface area contributed by atoms with Crippen molar-refractivity contribution in [2.75, 3.05) is 6.54 Å². The summed E-state index contributed by atoms with van der Waals surface area (Å²) >= 11 is 0. The maximum Gasteiger partial charge on any atom is 0.255 e. The first kappa shape index (κ1) is 16.0. The molecule has 1 aliphatic heterocycles. The quantitative estimate of drug-likeness (QED) is 0.793. The van der Waals surface area contributed by atoms with E-state index in [-0.39, 0.29) is 5.56 Å². The van der Waals surface area contributed by atoms with Crippen molar-refractivity contribution in [2.24, 2.45) is 0 Å². The zero-order valence-corrected chi connectivity index (χ0v) is 14.7. The van der Waals surface area contributed by atoms with Crippen molar-refractivity contribution in [1.82, 2.24) is 24.3 Å². The summed E-state index contributed by atoms with van der Waals surface area (Å²) < 4.78 is 2.11. The number of nitrogens with zero attached hydrogens (tertiary/aromatic N) is 4. The van der Waals surface area contributed by atoms with Gasteiger partial charge < -0.3 is 9.38 Å². The number of fused-ring (bicyclic) bond motifs is 2. The summed E-state index contributed by atoms with van der Waals surface area (Å²) in [6.07, 6.45) is 4.67. The Bertz CT molecular complexity index is 972. The summed E-state index contributed by atoms with van der Waals surface area (Å²) in [5.41, 5.74) is 3.99. The molecule has 0 saturated heterocycles. The second-order valence-electron chi connectivity index (χ2n) is 6.71. The highest BCUT2D eigenvalue weighted by Crippen LogP contribution is 2.19. The van der Waals surface area contributed by atoms with E-state index in [1.165, 1.54) is 0 Å². The number of hydrogen-bond acceptors (Lipinski definition) is 4. The Balaban J connectivity index is 1.59. The lowest BCUT2D eigenvalue weighted by Gasteiger charge is -2.27. The number of pyridine rings is 1. The Labute approximate surface area is 146 Å². The van der Waals surface area contributed by atoms with E-state index in [9.17, 15) is 4.79 Å². The summed E-state index contributed by atoms with van der Waals surface area (Å²) in [5.74, 6) is 1.81. The van der Waals surface area contributed by atoms with Gasteiger partial charge in [-0.3, -0.25) is 9.69 Å². The number of H-pyrrole nitrogens is 1. The highest BCUT2D eigenvalue weighted by Gasteiger charge is 2.22. The van der Waals surface area contributed by atoms with Crippen LogP contribution in [0.1, 0.15) is 41.9 Å². The standard InChI is InChI=1S/C19H23N5O/c1-3-6-18-21-15-8-10-23(11-14(15)19(25)22-18)12-16-17-7-4-5-9-24(17)13(2)20-16/h4-5,7,9H,3,6,8,10-12H2,1-2H3,(H,21,22,25). The highest BCUT2D eigenvalue weighted by atomic mass is 16.1. The SMILES string of the molecule is CCCc1nc2c(c(=O)[nH]1)CN(Cc1nc(C)n3ccccc13)CC2. The van der Waals surface area contributed by atoms with E-state index in [1.807, 2.05) is 25.3 Å². The van der Waals surface area contributed by atoms with E-state index in [0.29, 0.717) is 6.54 Å². The molecule has 3 aromatic rings. The molecule has 25 heavy (non-hydrogen) atoms. The molecule has 130 valence electrons. The number of imidazole rings is 1. The zero-order valence-electron chi connectivity index (χ0n) is 14.7. The summed E-state index contributed by atoms with van der Waals surface area (Å²) in [6, 6.07) is 6.15. The van der Waals surface area contributed by atoms with E-state index in [2.05, 4.69) is 32.3 Å². The van der Waals surface area contributed by atoms with Crippen molar-refractivity contribution in [3.8, 4) is 0 Å². The molecular weight excluding hydrogens is 314 g/mol. The third-order valence-corrected chi connectivity index (χ3v) is 4.86. The highest BCUT2D eigenvalue weighted by molar-refractivity contribution is 5.53. The van der Waals surface area contributed by atoms with Crippen LogP contribution in [0, 0.1) is 6.92 Å². The van der Waals surface area contributed by atoms with Gasteiger partial charge in [-0.25, -0.2) is 9.97 Å². The maximum atomic E-state index is 12.4. The smallest absolute Gasteiger partial charge is 0.255 e. The average molecular weight is 337 g/mol. The predicted molar refractivity (Wildman–Crippen MR) is 96.6 cm³/mol. The van der Waals surface area contributed by atoms with E-state index in [4.69, 9.17) is 4.98 Å². The van der Waals surface area contributed by atoms with Crippen LogP contribution in [-0.4, -0.2) is 30.8 Å². The van der Waals surface area contributed by atoms with Gasteiger partial charge in [-0.15, -0.1) is 0 Å². The number of aromatic nitrogens is 4. The minimum absolute atomic E-state index is 0.0176. The van der Waals surface area contributed by atoms with Crippen LogP contribution in [0.5, 0.6) is 0 Å². The molecule has 0 atom stereocenters. The van der Waals surface area contributed by atoms with E-state index in [0.717, 1.165) is 66.5 Å². The van der Waals surface area contributed by atoms with Crippen LogP contribution in [0.15, 0.2) is 29.2 Å². The molecular formula is C19H23N5O. The molecule has 0 unspecified atom stereocenters. The maximum absolute atomic E-state index is 12.4. The Kier molecular flexibility index (Phi) is 4.13. The molecule has 0 radical (unpaired) electrons. The minimum Gasteiger partial charge on any atom is -0.310 e. The molecule has 0 aromatic carbocycles. The van der Waals surface area contributed by atoms with E-state index >= 15 is 0 Å². The van der Waals surface area contributed by atoms with Gasteiger partial charge in [0, 0.05) is 38.7 Å². The Morgan fingerprint density at radius 3 is 3.00 bits per heavy atom. The lowest BCUT2D eigenvalue weighted by molar-refractivity contribution is 0.239. The second-order valence-corrected chi connectivity index (χ2v) is 6.71. The second kappa shape index (κ2) is 6.44. The van der Waals surface area contributed by atoms with Crippen molar-refractivity contribution < 1.29 is 0 Å². The molecule has 1 aliphatic rings. The molecule has 0 spiro atoms. The lowest BCUT2D eigenvalue weighted by atomic mass is 10.1. The van der Waals surface area contributed by atoms with Crippen LogP contribution in [0.25, 0.3) is 5.52 Å². The third kappa shape index (κ3) is 2.98. The third-order valence-electron chi connectivity index (χ3n) is 4.86. The Hall–Kier alpha value is -2.47. The van der Waals surface area contributed by atoms with E-state index in [1.54, 1.807) is 0 Å². The van der Waals surface area contributed by atoms with Crippen molar-refractivity contribution in [3.63, 3.8) is 0 Å². The molecule has 6 heteroatoms. The van der Waals surface area contributed by atoms with Gasteiger partial charge >= 0.3 is 0 Å². The largest absolute Gasteiger partial charge is 0.310 e. The zero-order chi connectivity index (χ0) is 17.4. The first-order valence-electron chi connectivity index (χ1n) is 8.91. The Morgan fingerprint density at radius 1 is 1.28 bits per heavy atom. The van der Waals surface area contributed by atoms with Gasteiger partial charge in [0.05, 0.1) is 22.5 Å². The van der Waals surface area contributed by atoms with Gasteiger partial charge in [-0.2, -0.15) is 0 Å². The van der Waals surface area contributed by atoms with Gasteiger partial charge in [0.2, 0.25) is 0 Å². The number of nitrogens with one attached hydrogen (secondary N) is 1. The van der Waals surface area contributed by atoms with Crippen molar-refractivity contribution >= 4 is 5.52 Å². The predicted octanol–water partition coefficient (Wildman–Crippen LogP) is 2.24. The van der Waals surface area contributed by atoms with Crippen LogP contribution in [0.2, 0.25) is 0 Å². The minimum atomic E-state index is 0.0176. The molecule has 4 rings (SSSR count). The molecule has 0 saturated carbocycles. The summed E-state index contributed by atoms with van der Waals surface area (Å²) in [6.45, 7) is 6.40. The molecule has 3 aromatic heterocycles. The first-order valence-corrected chi connectivity index (χ1v) is 8.91. The number of hydrogen-bond donors (Lipinski definition) is 1. The lowest BCUT2D eigenvalue weighted by Crippen LogP contribution is -2.36. The number of aromatic amines is 1. The van der Waals surface area contributed by atoms with Crippen LogP contribution in [0.3, 0.4) is 0 Å². The summed E-state index contributed by atoms with van der Waals surface area (Å²) in [5, 5.41) is 0. The van der Waals surface area contributed by atoms with Crippen LogP contribution < -0.4 is 5.56 Å². The fourth-order valence-corrected chi connectivity index (χ4v) is 3.62. The van der Waals surface area contributed by atoms with Crippen LogP contribution in [-0.2, 0) is 25.9 Å². The topological polar surface area (TPSA) is 66.3 Å². The van der Waals surface area contributed by atoms with E-state index < -0.39 is 0 Å². The van der Waals surface area contributed by atoms with Crippen LogP contribution >= 0.6 is 0 Å². The molecule has 0 bridgehead atoms. The van der Waals surface area contributed by atoms with Crippen LogP contribution in [0.4, 0.5) is 0 Å². The monoisotopic (exact) mass is 337 g/mol. The fourth-order valence-electron chi connectivity index (χ4n) is 3.62. The molecule has 0 amide bonds. The van der Waals surface area contributed by atoms with Crippen molar-refractivity contribution in [1.29, 1.82) is 0 Å². The summed E-state index contributed by atoms with van der Waals surface area (Å²) in [7, 11) is 0. The average Bonchev–Trinajstić information content (AvgIpc) is 2.92. The molecule has 1 N–H and O–H groups in total. The van der Waals surface area contributed by atoms with Gasteiger partial charge in [-0.05, 0) is 25.5 Å². The molecule has 0 aliphatic carbocycles. The number of aryl methyl sites for hydroxylation is 2. The molecule has 4 heterocycles. The first-order chi connectivity index (χ1) is 12.2. The van der Waals surface area contributed by atoms with Crippen molar-refractivity contribution in [2.45, 2.75) is 46.2 Å². The molecule has 0 fully saturated rings. The van der Waals surface area contributed by atoms with Gasteiger partial charge in [0.15, 0.2) is 0 Å². The Morgan fingerprint density at radius 2 is 2.16 bits per heavy atom. The number of rotatable bonds is 4. The van der Waals surface area contributed by atoms with Crippen molar-refractivity contribution in [3.05, 3.63) is 63.3 Å². The van der Waals surface area contributed by atoms with Gasteiger partial charge in [0.25, 0.3) is 5.56 Å².